The molecule has 0 unspecified atom stereocenters. The number of esters is 1. The SMILES string of the molecule is C=CCCCCCCCCC/C=C/C=C/C(=O)OC. The number of carbonyl (C=O) groups is 1. The molecule has 0 aromatic rings. The summed E-state index contributed by atoms with van der Waals surface area (Å²) in [5.74, 6) is -0.305. The first kappa shape index (κ1) is 17.7. The lowest BCUT2D eigenvalue weighted by Gasteiger charge is -1.99. The van der Waals surface area contributed by atoms with Crippen LogP contribution < -0.4 is 0 Å². The van der Waals surface area contributed by atoms with E-state index in [1.165, 1.54) is 58.1 Å². The minimum atomic E-state index is -0.305. The van der Waals surface area contributed by atoms with Gasteiger partial charge >= 0.3 is 5.97 Å². The molecule has 0 aromatic heterocycles. The van der Waals surface area contributed by atoms with Crippen molar-refractivity contribution in [2.45, 2.75) is 57.8 Å². The fourth-order valence-electron chi connectivity index (χ4n) is 1.81. The number of ether oxygens (including phenoxy) is 1. The number of unbranched alkanes of at least 4 members (excludes halogenated alkanes) is 8. The minimum absolute atomic E-state index is 0.305. The highest BCUT2D eigenvalue weighted by Crippen LogP contribution is 2.09. The Morgan fingerprint density at radius 2 is 1.53 bits per heavy atom. The lowest BCUT2D eigenvalue weighted by Crippen LogP contribution is -1.92. The molecule has 2 nitrogen and oxygen atoms in total. The zero-order valence-corrected chi connectivity index (χ0v) is 12.3. The predicted octanol–water partition coefficient (Wildman–Crippen LogP) is 4.97. The summed E-state index contributed by atoms with van der Waals surface area (Å²) in [5.41, 5.74) is 0. The summed E-state index contributed by atoms with van der Waals surface area (Å²) >= 11 is 0. The van der Waals surface area contributed by atoms with Gasteiger partial charge in [-0.15, -0.1) is 6.58 Å². The third-order valence-corrected chi connectivity index (χ3v) is 2.96. The largest absolute Gasteiger partial charge is 0.466 e. The van der Waals surface area contributed by atoms with E-state index in [4.69, 9.17) is 0 Å². The number of carbonyl (C=O) groups excluding carboxylic acids is 1. The zero-order chi connectivity index (χ0) is 14.2. The lowest BCUT2D eigenvalue weighted by molar-refractivity contribution is -0.134. The Morgan fingerprint density at radius 1 is 0.947 bits per heavy atom. The molecule has 0 amide bonds. The first-order valence-corrected chi connectivity index (χ1v) is 7.33. The number of rotatable bonds is 12. The maximum absolute atomic E-state index is 10.8. The van der Waals surface area contributed by atoms with Gasteiger partial charge in [0, 0.05) is 6.08 Å². The van der Waals surface area contributed by atoms with E-state index in [1.54, 1.807) is 6.08 Å². The molecule has 19 heavy (non-hydrogen) atoms. The number of hydrogen-bond acceptors (Lipinski definition) is 2. The van der Waals surface area contributed by atoms with E-state index in [2.05, 4.69) is 17.4 Å². The second kappa shape index (κ2) is 14.7. The Morgan fingerprint density at radius 3 is 2.11 bits per heavy atom. The molecule has 0 atom stereocenters. The molecule has 0 N–H and O–H groups in total. The third kappa shape index (κ3) is 14.6. The molecular weight excluding hydrogens is 236 g/mol. The Labute approximate surface area is 118 Å². The predicted molar refractivity (Wildman–Crippen MR) is 82.0 cm³/mol. The first-order valence-electron chi connectivity index (χ1n) is 7.33. The van der Waals surface area contributed by atoms with Gasteiger partial charge in [-0.2, -0.15) is 0 Å². The van der Waals surface area contributed by atoms with Crippen molar-refractivity contribution in [3.63, 3.8) is 0 Å². The van der Waals surface area contributed by atoms with Crippen LogP contribution in [0.4, 0.5) is 0 Å². The van der Waals surface area contributed by atoms with Crippen LogP contribution in [0.15, 0.2) is 37.0 Å². The molecule has 0 aliphatic carbocycles. The van der Waals surface area contributed by atoms with E-state index in [9.17, 15) is 4.79 Å². The Hall–Kier alpha value is -1.31. The molecule has 0 saturated heterocycles. The van der Waals surface area contributed by atoms with Crippen LogP contribution in [-0.4, -0.2) is 13.1 Å². The first-order chi connectivity index (χ1) is 9.31. The summed E-state index contributed by atoms with van der Waals surface area (Å²) in [6.07, 6.45) is 20.6. The van der Waals surface area contributed by atoms with Crippen LogP contribution in [-0.2, 0) is 9.53 Å². The van der Waals surface area contributed by atoms with Gasteiger partial charge in [0.05, 0.1) is 7.11 Å². The normalized spacial score (nSPS) is 11.2. The molecule has 0 saturated carbocycles. The maximum atomic E-state index is 10.8. The lowest BCUT2D eigenvalue weighted by atomic mass is 10.1. The van der Waals surface area contributed by atoms with Gasteiger partial charge in [0.15, 0.2) is 0 Å². The molecule has 0 spiro atoms. The molecule has 0 fully saturated rings. The third-order valence-electron chi connectivity index (χ3n) is 2.96. The van der Waals surface area contributed by atoms with Gasteiger partial charge in [-0.05, 0) is 25.7 Å². The highest BCUT2D eigenvalue weighted by molar-refractivity contribution is 5.82. The van der Waals surface area contributed by atoms with Crippen LogP contribution in [0.1, 0.15) is 57.8 Å². The maximum Gasteiger partial charge on any atom is 0.330 e. The van der Waals surface area contributed by atoms with Crippen LogP contribution in [0.25, 0.3) is 0 Å². The summed E-state index contributed by atoms with van der Waals surface area (Å²) < 4.78 is 4.49. The van der Waals surface area contributed by atoms with Crippen molar-refractivity contribution in [3.8, 4) is 0 Å². The number of methoxy groups -OCH3 is 1. The molecule has 0 aliphatic heterocycles. The Bertz CT molecular complexity index is 277. The van der Waals surface area contributed by atoms with Gasteiger partial charge in [-0.1, -0.05) is 56.4 Å². The van der Waals surface area contributed by atoms with Crippen LogP contribution >= 0.6 is 0 Å². The molecule has 0 heterocycles. The fourth-order valence-corrected chi connectivity index (χ4v) is 1.81. The van der Waals surface area contributed by atoms with Crippen LogP contribution in [0.3, 0.4) is 0 Å². The molecule has 0 aliphatic rings. The van der Waals surface area contributed by atoms with Gasteiger partial charge in [-0.3, -0.25) is 0 Å². The van der Waals surface area contributed by atoms with Crippen molar-refractivity contribution < 1.29 is 9.53 Å². The minimum Gasteiger partial charge on any atom is -0.466 e. The zero-order valence-electron chi connectivity index (χ0n) is 12.3. The molecule has 0 aromatic carbocycles. The van der Waals surface area contributed by atoms with E-state index in [0.29, 0.717) is 0 Å². The summed E-state index contributed by atoms with van der Waals surface area (Å²) in [6, 6.07) is 0. The van der Waals surface area contributed by atoms with Crippen molar-refractivity contribution in [1.29, 1.82) is 0 Å². The van der Waals surface area contributed by atoms with E-state index < -0.39 is 0 Å². The smallest absolute Gasteiger partial charge is 0.330 e. The fraction of sp³-hybridized carbons (Fsp3) is 0.588. The topological polar surface area (TPSA) is 26.3 Å². The Kier molecular flexibility index (Phi) is 13.7. The molecule has 0 radical (unpaired) electrons. The monoisotopic (exact) mass is 264 g/mol. The average Bonchev–Trinajstić information content (AvgIpc) is 2.43. The van der Waals surface area contributed by atoms with Gasteiger partial charge < -0.3 is 4.74 Å². The van der Waals surface area contributed by atoms with E-state index in [1.807, 2.05) is 12.2 Å². The summed E-state index contributed by atoms with van der Waals surface area (Å²) in [4.78, 5) is 10.8. The molecule has 0 rings (SSSR count). The number of allylic oxidation sites excluding steroid dienone is 4. The standard InChI is InChI=1S/C17H28O2/c1-3-4-5-6-7-8-9-10-11-12-13-14-15-16-17(18)19-2/h3,13-16H,1,4-12H2,2H3/b14-13+,16-15+. The van der Waals surface area contributed by atoms with Crippen molar-refractivity contribution in [2.75, 3.05) is 7.11 Å². The van der Waals surface area contributed by atoms with Crippen molar-refractivity contribution in [1.82, 2.24) is 0 Å². The molecule has 2 heteroatoms. The number of hydrogen-bond donors (Lipinski definition) is 0. The van der Waals surface area contributed by atoms with E-state index in [-0.39, 0.29) is 5.97 Å². The Balaban J connectivity index is 3.22. The summed E-state index contributed by atoms with van der Waals surface area (Å²) in [5, 5.41) is 0. The second-order valence-corrected chi connectivity index (χ2v) is 4.65. The highest BCUT2D eigenvalue weighted by Gasteiger charge is 1.90. The van der Waals surface area contributed by atoms with Crippen LogP contribution in [0.2, 0.25) is 0 Å². The molecule has 108 valence electrons. The quantitative estimate of drug-likeness (QED) is 0.163. The van der Waals surface area contributed by atoms with Gasteiger partial charge in [0.1, 0.15) is 0 Å². The molecular formula is C17H28O2. The van der Waals surface area contributed by atoms with E-state index >= 15 is 0 Å². The van der Waals surface area contributed by atoms with Crippen molar-refractivity contribution >= 4 is 5.97 Å². The summed E-state index contributed by atoms with van der Waals surface area (Å²) in [6.45, 7) is 3.73. The van der Waals surface area contributed by atoms with Crippen LogP contribution in [0.5, 0.6) is 0 Å². The second-order valence-electron chi connectivity index (χ2n) is 4.65. The van der Waals surface area contributed by atoms with Crippen molar-refractivity contribution in [2.24, 2.45) is 0 Å². The average molecular weight is 264 g/mol. The van der Waals surface area contributed by atoms with Gasteiger partial charge in [0.25, 0.3) is 0 Å². The van der Waals surface area contributed by atoms with Crippen LogP contribution in [0, 0.1) is 0 Å². The molecule has 0 bridgehead atoms. The highest BCUT2D eigenvalue weighted by atomic mass is 16.5. The van der Waals surface area contributed by atoms with Crippen molar-refractivity contribution in [3.05, 3.63) is 37.0 Å². The van der Waals surface area contributed by atoms with Gasteiger partial charge in [-0.25, -0.2) is 4.79 Å². The summed E-state index contributed by atoms with van der Waals surface area (Å²) in [7, 11) is 1.38. The van der Waals surface area contributed by atoms with E-state index in [0.717, 1.165) is 12.8 Å². The van der Waals surface area contributed by atoms with Gasteiger partial charge in [0.2, 0.25) is 0 Å².